The fourth-order valence-electron chi connectivity index (χ4n) is 2.06. The van der Waals surface area contributed by atoms with Gasteiger partial charge >= 0.3 is 6.18 Å². The summed E-state index contributed by atoms with van der Waals surface area (Å²) in [6, 6.07) is 1.57. The van der Waals surface area contributed by atoms with Gasteiger partial charge in [-0.05, 0) is 31.2 Å². The van der Waals surface area contributed by atoms with Crippen LogP contribution < -0.4 is 10.9 Å². The summed E-state index contributed by atoms with van der Waals surface area (Å²) in [5.74, 6) is -4.33. The molecule has 1 aromatic heterocycles. The Morgan fingerprint density at radius 3 is 2.21 bits per heavy atom. The minimum Gasteiger partial charge on any atom is -0.336 e. The van der Waals surface area contributed by atoms with Gasteiger partial charge in [0.15, 0.2) is 6.04 Å². The van der Waals surface area contributed by atoms with Crippen molar-refractivity contribution in [1.82, 2.24) is 10.3 Å². The number of halogens is 5. The molecule has 0 saturated carbocycles. The topological polar surface area (TPSA) is 62.0 Å². The van der Waals surface area contributed by atoms with Crippen molar-refractivity contribution in [3.63, 3.8) is 0 Å². The number of nitrogens with one attached hydrogen (secondary N) is 2. The monoisotopic (exact) mass is 346 g/mol. The molecule has 4 nitrogen and oxygen atoms in total. The van der Waals surface area contributed by atoms with Crippen molar-refractivity contribution >= 4 is 5.91 Å². The van der Waals surface area contributed by atoms with E-state index in [0.29, 0.717) is 17.8 Å². The van der Waals surface area contributed by atoms with E-state index >= 15 is 0 Å². The second-order valence-electron chi connectivity index (χ2n) is 4.97. The summed E-state index contributed by atoms with van der Waals surface area (Å²) < 4.78 is 66.8. The molecule has 0 saturated heterocycles. The molecule has 0 unspecified atom stereocenters. The molecule has 2 rings (SSSR count). The standard InChI is InChI=1S/C15H11F5N2O2/c1-7-5-6-8(13(23)21-7)14(24)22-12(15(18,19)20)11-9(16)3-2-4-10(11)17/h2-6,12H,1H3,(H,21,23)(H,22,24)/t12-/m0/s1. The van der Waals surface area contributed by atoms with Gasteiger partial charge in [0.05, 0.1) is 5.56 Å². The van der Waals surface area contributed by atoms with Crippen LogP contribution in [0.4, 0.5) is 22.0 Å². The van der Waals surface area contributed by atoms with Crippen molar-refractivity contribution in [3.8, 4) is 0 Å². The highest BCUT2D eigenvalue weighted by molar-refractivity contribution is 5.94. The lowest BCUT2D eigenvalue weighted by Crippen LogP contribution is -2.41. The van der Waals surface area contributed by atoms with E-state index < -0.39 is 46.4 Å². The molecule has 0 radical (unpaired) electrons. The third kappa shape index (κ3) is 3.61. The lowest BCUT2D eigenvalue weighted by atomic mass is 10.0. The van der Waals surface area contributed by atoms with Gasteiger partial charge in [-0.2, -0.15) is 13.2 Å². The first kappa shape index (κ1) is 17.6. The molecule has 0 bridgehead atoms. The van der Waals surface area contributed by atoms with Crippen LogP contribution in [0.5, 0.6) is 0 Å². The van der Waals surface area contributed by atoms with Crippen LogP contribution in [0.1, 0.15) is 27.7 Å². The van der Waals surface area contributed by atoms with Crippen LogP contribution in [-0.4, -0.2) is 17.1 Å². The second kappa shape index (κ2) is 6.42. The number of carbonyl (C=O) groups is 1. The van der Waals surface area contributed by atoms with E-state index in [-0.39, 0.29) is 0 Å². The van der Waals surface area contributed by atoms with Crippen molar-refractivity contribution in [1.29, 1.82) is 0 Å². The van der Waals surface area contributed by atoms with E-state index in [2.05, 4.69) is 4.98 Å². The van der Waals surface area contributed by atoms with Crippen molar-refractivity contribution < 1.29 is 26.7 Å². The van der Waals surface area contributed by atoms with Crippen LogP contribution in [0.2, 0.25) is 0 Å². The van der Waals surface area contributed by atoms with E-state index in [1.54, 1.807) is 0 Å². The molecule has 9 heteroatoms. The summed E-state index contributed by atoms with van der Waals surface area (Å²) >= 11 is 0. The number of rotatable bonds is 3. The van der Waals surface area contributed by atoms with Gasteiger partial charge in [-0.1, -0.05) is 6.07 Å². The molecular weight excluding hydrogens is 335 g/mol. The number of pyridine rings is 1. The first-order chi connectivity index (χ1) is 11.1. The fraction of sp³-hybridized carbons (Fsp3) is 0.200. The van der Waals surface area contributed by atoms with Gasteiger partial charge in [-0.3, -0.25) is 9.59 Å². The van der Waals surface area contributed by atoms with Crippen molar-refractivity contribution in [3.05, 3.63) is 69.1 Å². The van der Waals surface area contributed by atoms with Gasteiger partial charge in [0.2, 0.25) is 0 Å². The maximum atomic E-state index is 13.7. The van der Waals surface area contributed by atoms with E-state index in [4.69, 9.17) is 0 Å². The number of H-pyrrole nitrogens is 1. The molecule has 0 aliphatic rings. The average molecular weight is 346 g/mol. The van der Waals surface area contributed by atoms with Gasteiger partial charge in [-0.15, -0.1) is 0 Å². The lowest BCUT2D eigenvalue weighted by Gasteiger charge is -2.22. The Morgan fingerprint density at radius 1 is 1.12 bits per heavy atom. The van der Waals surface area contributed by atoms with Gasteiger partial charge < -0.3 is 10.3 Å². The number of amides is 1. The lowest BCUT2D eigenvalue weighted by molar-refractivity contribution is -0.156. The predicted molar refractivity (Wildman–Crippen MR) is 74.4 cm³/mol. The molecule has 0 fully saturated rings. The second-order valence-corrected chi connectivity index (χ2v) is 4.97. The van der Waals surface area contributed by atoms with Gasteiger partial charge in [0.1, 0.15) is 17.2 Å². The van der Waals surface area contributed by atoms with E-state index in [0.717, 1.165) is 12.1 Å². The molecule has 0 aliphatic carbocycles. The van der Waals surface area contributed by atoms with Crippen LogP contribution in [-0.2, 0) is 0 Å². The fourth-order valence-corrected chi connectivity index (χ4v) is 2.06. The molecule has 24 heavy (non-hydrogen) atoms. The Labute approximate surface area is 132 Å². The third-order valence-corrected chi connectivity index (χ3v) is 3.19. The highest BCUT2D eigenvalue weighted by atomic mass is 19.4. The number of aryl methyl sites for hydroxylation is 1. The first-order valence-electron chi connectivity index (χ1n) is 6.62. The summed E-state index contributed by atoms with van der Waals surface area (Å²) in [6.45, 7) is 1.51. The largest absolute Gasteiger partial charge is 0.413 e. The molecule has 1 amide bonds. The summed E-state index contributed by atoms with van der Waals surface area (Å²) in [4.78, 5) is 25.8. The van der Waals surface area contributed by atoms with Crippen LogP contribution in [0.3, 0.4) is 0 Å². The minimum atomic E-state index is -5.17. The number of carbonyl (C=O) groups excluding carboxylic acids is 1. The smallest absolute Gasteiger partial charge is 0.336 e. The molecule has 0 aliphatic heterocycles. The molecule has 2 aromatic rings. The maximum absolute atomic E-state index is 13.7. The Hall–Kier alpha value is -2.71. The minimum absolute atomic E-state index is 0.393. The van der Waals surface area contributed by atoms with E-state index in [1.807, 2.05) is 0 Å². The van der Waals surface area contributed by atoms with Crippen LogP contribution in [0.15, 0.2) is 35.1 Å². The Morgan fingerprint density at radius 2 is 1.71 bits per heavy atom. The van der Waals surface area contributed by atoms with E-state index in [9.17, 15) is 31.5 Å². The Kier molecular flexibility index (Phi) is 4.72. The number of alkyl halides is 3. The molecule has 1 atom stereocenters. The zero-order valence-corrected chi connectivity index (χ0v) is 12.2. The molecule has 0 spiro atoms. The number of aromatic nitrogens is 1. The number of hydrogen-bond donors (Lipinski definition) is 2. The van der Waals surface area contributed by atoms with Gasteiger partial charge in [0.25, 0.3) is 11.5 Å². The van der Waals surface area contributed by atoms with E-state index in [1.165, 1.54) is 18.3 Å². The average Bonchev–Trinajstić information content (AvgIpc) is 2.44. The van der Waals surface area contributed by atoms with Crippen molar-refractivity contribution in [2.24, 2.45) is 0 Å². The summed E-state index contributed by atoms with van der Waals surface area (Å²) in [7, 11) is 0. The number of aromatic amines is 1. The SMILES string of the molecule is Cc1ccc(C(=O)N[C@@H](c2c(F)cccc2F)C(F)(F)F)c(=O)[nH]1. The first-order valence-corrected chi connectivity index (χ1v) is 6.62. The third-order valence-electron chi connectivity index (χ3n) is 3.19. The molecule has 2 N–H and O–H groups in total. The Bertz CT molecular complexity index is 809. The molecular formula is C15H11F5N2O2. The van der Waals surface area contributed by atoms with Crippen LogP contribution >= 0.6 is 0 Å². The summed E-state index contributed by atoms with van der Waals surface area (Å²) in [5, 5.41) is 1.47. The van der Waals surface area contributed by atoms with Crippen LogP contribution in [0, 0.1) is 18.6 Å². The molecule has 1 heterocycles. The predicted octanol–water partition coefficient (Wildman–Crippen LogP) is 2.99. The highest BCUT2D eigenvalue weighted by Crippen LogP contribution is 2.35. The zero-order valence-electron chi connectivity index (χ0n) is 12.2. The summed E-state index contributed by atoms with van der Waals surface area (Å²) in [5.41, 5.74) is -2.47. The number of benzene rings is 1. The normalized spacial score (nSPS) is 12.8. The zero-order chi connectivity index (χ0) is 18.1. The van der Waals surface area contributed by atoms with Gasteiger partial charge in [-0.25, -0.2) is 8.78 Å². The summed E-state index contributed by atoms with van der Waals surface area (Å²) in [6.07, 6.45) is -5.17. The van der Waals surface area contributed by atoms with Crippen molar-refractivity contribution in [2.75, 3.05) is 0 Å². The number of hydrogen-bond acceptors (Lipinski definition) is 2. The maximum Gasteiger partial charge on any atom is 0.413 e. The van der Waals surface area contributed by atoms with Gasteiger partial charge in [0, 0.05) is 5.69 Å². The molecule has 128 valence electrons. The quantitative estimate of drug-likeness (QED) is 0.840. The highest BCUT2D eigenvalue weighted by Gasteiger charge is 2.45. The Balaban J connectivity index is 2.44. The van der Waals surface area contributed by atoms with Crippen LogP contribution in [0.25, 0.3) is 0 Å². The van der Waals surface area contributed by atoms with Crippen molar-refractivity contribution in [2.45, 2.75) is 19.1 Å². The molecule has 1 aromatic carbocycles.